The number of nitrogens with zero attached hydrogens (tertiary/aromatic N) is 1. The summed E-state index contributed by atoms with van der Waals surface area (Å²) in [6, 6.07) is 0.880. The Morgan fingerprint density at radius 1 is 1.00 bits per heavy atom. The van der Waals surface area contributed by atoms with Gasteiger partial charge in [-0.25, -0.2) is 0 Å². The highest BCUT2D eigenvalue weighted by Crippen LogP contribution is 2.23. The van der Waals surface area contributed by atoms with Gasteiger partial charge in [0.25, 0.3) is 0 Å². The minimum absolute atomic E-state index is 0.880. The summed E-state index contributed by atoms with van der Waals surface area (Å²) in [5.74, 6) is 1.01. The predicted molar refractivity (Wildman–Crippen MR) is 69.7 cm³/mol. The summed E-state index contributed by atoms with van der Waals surface area (Å²) in [6.07, 6.45) is 9.90. The zero-order chi connectivity index (χ0) is 11.2. The molecule has 1 N–H and O–H groups in total. The number of hydrogen-bond acceptors (Lipinski definition) is 2. The Kier molecular flexibility index (Phi) is 5.11. The van der Waals surface area contributed by atoms with E-state index in [1.54, 1.807) is 0 Å². The largest absolute Gasteiger partial charge is 0.317 e. The molecule has 0 aromatic rings. The minimum atomic E-state index is 0.880. The Morgan fingerprint density at radius 2 is 1.94 bits per heavy atom. The monoisotopic (exact) mass is 224 g/mol. The van der Waals surface area contributed by atoms with E-state index in [2.05, 4.69) is 17.1 Å². The topological polar surface area (TPSA) is 15.3 Å². The van der Waals surface area contributed by atoms with Crippen molar-refractivity contribution in [2.45, 2.75) is 57.9 Å². The Bertz CT molecular complexity index is 185. The van der Waals surface area contributed by atoms with Crippen LogP contribution in [0.3, 0.4) is 0 Å². The van der Waals surface area contributed by atoms with Gasteiger partial charge in [-0.15, -0.1) is 0 Å². The van der Waals surface area contributed by atoms with Crippen LogP contribution in [-0.4, -0.2) is 37.1 Å². The maximum atomic E-state index is 3.53. The molecule has 2 saturated heterocycles. The van der Waals surface area contributed by atoms with Gasteiger partial charge in [-0.2, -0.15) is 0 Å². The summed E-state index contributed by atoms with van der Waals surface area (Å²) in [7, 11) is 0. The molecule has 2 unspecified atom stereocenters. The molecule has 0 saturated carbocycles. The van der Waals surface area contributed by atoms with Gasteiger partial charge in [0.15, 0.2) is 0 Å². The molecule has 2 rings (SSSR count). The maximum absolute atomic E-state index is 3.53. The fraction of sp³-hybridized carbons (Fsp3) is 1.00. The summed E-state index contributed by atoms with van der Waals surface area (Å²) >= 11 is 0. The van der Waals surface area contributed by atoms with Crippen LogP contribution < -0.4 is 5.32 Å². The van der Waals surface area contributed by atoms with E-state index in [4.69, 9.17) is 0 Å². The van der Waals surface area contributed by atoms with Crippen LogP contribution in [0.1, 0.15) is 51.9 Å². The Morgan fingerprint density at radius 3 is 2.81 bits per heavy atom. The van der Waals surface area contributed by atoms with Crippen LogP contribution >= 0.6 is 0 Å². The molecule has 2 aliphatic rings. The number of rotatable bonds is 2. The molecule has 0 spiro atoms. The van der Waals surface area contributed by atoms with Gasteiger partial charge in [-0.1, -0.05) is 13.3 Å². The van der Waals surface area contributed by atoms with Crippen molar-refractivity contribution >= 4 is 0 Å². The molecular formula is C14H28N2. The third-order valence-electron chi connectivity index (χ3n) is 4.52. The van der Waals surface area contributed by atoms with Gasteiger partial charge in [-0.3, -0.25) is 0 Å². The predicted octanol–water partition coefficient (Wildman–Crippen LogP) is 2.64. The van der Waals surface area contributed by atoms with Crippen molar-refractivity contribution in [2.75, 3.05) is 26.2 Å². The van der Waals surface area contributed by atoms with Crippen LogP contribution in [0.4, 0.5) is 0 Å². The molecule has 0 radical (unpaired) electrons. The van der Waals surface area contributed by atoms with E-state index in [1.807, 2.05) is 0 Å². The third-order valence-corrected chi connectivity index (χ3v) is 4.52. The molecule has 94 valence electrons. The normalized spacial score (nSPS) is 34.3. The second kappa shape index (κ2) is 6.61. The van der Waals surface area contributed by atoms with Gasteiger partial charge < -0.3 is 10.2 Å². The molecular weight excluding hydrogens is 196 g/mol. The number of hydrogen-bond donors (Lipinski definition) is 1. The van der Waals surface area contributed by atoms with Crippen LogP contribution in [0.2, 0.25) is 0 Å². The molecule has 2 nitrogen and oxygen atoms in total. The number of likely N-dealkylation sites (tertiary alicyclic amines) is 1. The molecule has 2 aliphatic heterocycles. The summed E-state index contributed by atoms with van der Waals surface area (Å²) in [4.78, 5) is 2.79. The molecule has 2 atom stereocenters. The first-order chi connectivity index (χ1) is 7.90. The summed E-state index contributed by atoms with van der Waals surface area (Å²) < 4.78 is 0. The maximum Gasteiger partial charge on any atom is 0.0108 e. The van der Waals surface area contributed by atoms with Crippen LogP contribution in [0.15, 0.2) is 0 Å². The second-order valence-corrected chi connectivity index (χ2v) is 5.58. The average molecular weight is 224 g/mol. The van der Waals surface area contributed by atoms with Crippen molar-refractivity contribution < 1.29 is 0 Å². The molecule has 2 heterocycles. The van der Waals surface area contributed by atoms with Crippen molar-refractivity contribution in [1.29, 1.82) is 0 Å². The Labute approximate surface area is 101 Å². The van der Waals surface area contributed by atoms with Crippen LogP contribution in [0, 0.1) is 5.92 Å². The summed E-state index contributed by atoms with van der Waals surface area (Å²) in [5.41, 5.74) is 0. The van der Waals surface area contributed by atoms with Gasteiger partial charge in [0.05, 0.1) is 0 Å². The lowest BCUT2D eigenvalue weighted by Crippen LogP contribution is -2.36. The number of nitrogens with one attached hydrogen (secondary N) is 1. The minimum Gasteiger partial charge on any atom is -0.317 e. The third kappa shape index (κ3) is 3.46. The summed E-state index contributed by atoms with van der Waals surface area (Å²) in [6.45, 7) is 7.56. The Hall–Kier alpha value is -0.0800. The van der Waals surface area contributed by atoms with Gasteiger partial charge in [0.2, 0.25) is 0 Å². The van der Waals surface area contributed by atoms with Crippen LogP contribution in [0.25, 0.3) is 0 Å². The van der Waals surface area contributed by atoms with E-state index in [0.717, 1.165) is 12.0 Å². The molecule has 0 amide bonds. The van der Waals surface area contributed by atoms with E-state index < -0.39 is 0 Å². The first-order valence-electron chi connectivity index (χ1n) is 7.35. The first kappa shape index (κ1) is 12.4. The van der Waals surface area contributed by atoms with Gasteiger partial charge in [-0.05, 0) is 70.6 Å². The van der Waals surface area contributed by atoms with Crippen molar-refractivity contribution in [3.05, 3.63) is 0 Å². The smallest absolute Gasteiger partial charge is 0.0108 e. The lowest BCUT2D eigenvalue weighted by Gasteiger charge is -2.29. The fourth-order valence-corrected chi connectivity index (χ4v) is 3.33. The van der Waals surface area contributed by atoms with E-state index in [-0.39, 0.29) is 0 Å². The lowest BCUT2D eigenvalue weighted by atomic mass is 9.98. The van der Waals surface area contributed by atoms with E-state index >= 15 is 0 Å². The molecule has 0 aromatic heterocycles. The highest BCUT2D eigenvalue weighted by molar-refractivity contribution is 4.79. The van der Waals surface area contributed by atoms with E-state index in [0.29, 0.717) is 0 Å². The highest BCUT2D eigenvalue weighted by atomic mass is 15.2. The van der Waals surface area contributed by atoms with Gasteiger partial charge >= 0.3 is 0 Å². The van der Waals surface area contributed by atoms with Crippen LogP contribution in [-0.2, 0) is 0 Å². The standard InChI is InChI=1S/C14H28N2/c1-2-13-5-4-11-16(12-8-13)14-6-3-9-15-10-7-14/h13-15H,2-12H2,1H3. The quantitative estimate of drug-likeness (QED) is 0.776. The molecule has 0 aliphatic carbocycles. The van der Waals surface area contributed by atoms with Crippen molar-refractivity contribution in [2.24, 2.45) is 5.92 Å². The zero-order valence-electron chi connectivity index (χ0n) is 10.9. The van der Waals surface area contributed by atoms with Crippen molar-refractivity contribution in [3.63, 3.8) is 0 Å². The highest BCUT2D eigenvalue weighted by Gasteiger charge is 2.22. The second-order valence-electron chi connectivity index (χ2n) is 5.58. The average Bonchev–Trinajstić information content (AvgIpc) is 2.71. The molecule has 0 bridgehead atoms. The molecule has 0 aromatic carbocycles. The zero-order valence-corrected chi connectivity index (χ0v) is 10.9. The first-order valence-corrected chi connectivity index (χ1v) is 7.35. The lowest BCUT2D eigenvalue weighted by molar-refractivity contribution is 0.186. The van der Waals surface area contributed by atoms with Crippen molar-refractivity contribution in [1.82, 2.24) is 10.2 Å². The summed E-state index contributed by atoms with van der Waals surface area (Å²) in [5, 5.41) is 3.53. The molecule has 2 heteroatoms. The van der Waals surface area contributed by atoms with E-state index in [9.17, 15) is 0 Å². The van der Waals surface area contributed by atoms with E-state index in [1.165, 1.54) is 71.1 Å². The SMILES string of the molecule is CCC1CCCN(C2CCCNCC2)CC1. The van der Waals surface area contributed by atoms with Crippen molar-refractivity contribution in [3.8, 4) is 0 Å². The van der Waals surface area contributed by atoms with Crippen LogP contribution in [0.5, 0.6) is 0 Å². The molecule has 16 heavy (non-hydrogen) atoms. The Balaban J connectivity index is 1.83. The van der Waals surface area contributed by atoms with Gasteiger partial charge in [0.1, 0.15) is 0 Å². The fourth-order valence-electron chi connectivity index (χ4n) is 3.33. The van der Waals surface area contributed by atoms with Gasteiger partial charge in [0, 0.05) is 6.04 Å². The molecule has 2 fully saturated rings.